The number of rotatable bonds is 0. The molecule has 34 valence electrons. The van der Waals surface area contributed by atoms with Crippen LogP contribution in [0.4, 0.5) is 0 Å². The van der Waals surface area contributed by atoms with E-state index in [1.165, 1.54) is 0 Å². The van der Waals surface area contributed by atoms with Crippen LogP contribution >= 0.6 is 0 Å². The van der Waals surface area contributed by atoms with Gasteiger partial charge in [0.05, 0.1) is 0 Å². The summed E-state index contributed by atoms with van der Waals surface area (Å²) in [7, 11) is 0. The first-order valence-electron chi connectivity index (χ1n) is 1.32. The molecule has 0 aromatic heterocycles. The number of hydrogen-bond acceptors (Lipinski definition) is 0. The molecule has 0 fully saturated rings. The summed E-state index contributed by atoms with van der Waals surface area (Å²) in [5.41, 5.74) is 0. The van der Waals surface area contributed by atoms with Gasteiger partial charge in [0.15, 0.2) is 0 Å². The van der Waals surface area contributed by atoms with Gasteiger partial charge in [-0.15, -0.1) is 6.92 Å². The molecular weight excluding hydrogens is 112 g/mol. The molecule has 0 unspecified atom stereocenters. The standard InChI is InChI=1S/C4H7.Cu/c1-3-4-2;/h3-4H,1H2,2H3;/q-1;+1. The van der Waals surface area contributed by atoms with Crippen molar-refractivity contribution >= 4 is 0 Å². The Balaban J connectivity index is 0. The minimum Gasteiger partial charge on any atom is -0.245 e. The Morgan fingerprint density at radius 3 is 1.80 bits per heavy atom. The Morgan fingerprint density at radius 2 is 1.80 bits per heavy atom. The van der Waals surface area contributed by atoms with Crippen LogP contribution in [0.1, 0.15) is 6.92 Å². The van der Waals surface area contributed by atoms with E-state index in [1.807, 2.05) is 13.0 Å². The fourth-order valence-electron chi connectivity index (χ4n) is 0. The van der Waals surface area contributed by atoms with E-state index in [0.29, 0.717) is 0 Å². The second-order valence-electron chi connectivity index (χ2n) is 0.569. The van der Waals surface area contributed by atoms with Gasteiger partial charge in [-0.25, -0.2) is 19.1 Å². The molecule has 0 aliphatic rings. The van der Waals surface area contributed by atoms with E-state index in [2.05, 4.69) is 6.92 Å². The van der Waals surface area contributed by atoms with Crippen molar-refractivity contribution in [3.05, 3.63) is 19.1 Å². The summed E-state index contributed by atoms with van der Waals surface area (Å²) in [6.45, 7) is 5.36. The first-order valence-corrected chi connectivity index (χ1v) is 1.32. The van der Waals surface area contributed by atoms with Gasteiger partial charge in [-0.3, -0.25) is 0 Å². The van der Waals surface area contributed by atoms with Crippen LogP contribution in [0, 0.1) is 6.92 Å². The fraction of sp³-hybridized carbons (Fsp3) is 0.250. The average molecular weight is 119 g/mol. The molecule has 5 heavy (non-hydrogen) atoms. The molecular formula is C4H7Cu. The van der Waals surface area contributed by atoms with Gasteiger partial charge in [-0.1, -0.05) is 0 Å². The number of allylic oxidation sites excluding steroid dienone is 2. The average Bonchev–Trinajstić information content (AvgIpc) is 1.37. The van der Waals surface area contributed by atoms with Gasteiger partial charge in [0.2, 0.25) is 0 Å². The van der Waals surface area contributed by atoms with Crippen molar-refractivity contribution < 1.29 is 17.1 Å². The molecule has 0 atom stereocenters. The Kier molecular flexibility index (Phi) is 15.9. The van der Waals surface area contributed by atoms with Crippen LogP contribution in [0.5, 0.6) is 0 Å². The van der Waals surface area contributed by atoms with Gasteiger partial charge >= 0.3 is 17.1 Å². The van der Waals surface area contributed by atoms with Gasteiger partial charge in [0.25, 0.3) is 0 Å². The van der Waals surface area contributed by atoms with Crippen LogP contribution in [-0.2, 0) is 17.1 Å². The smallest absolute Gasteiger partial charge is 0.245 e. The maximum absolute atomic E-state index is 3.42. The maximum Gasteiger partial charge on any atom is 1.00 e. The van der Waals surface area contributed by atoms with E-state index in [9.17, 15) is 0 Å². The first kappa shape index (κ1) is 8.93. The molecule has 0 aromatic carbocycles. The second kappa shape index (κ2) is 8.92. The van der Waals surface area contributed by atoms with E-state index in [0.717, 1.165) is 0 Å². The molecule has 0 spiro atoms. The Morgan fingerprint density at radius 1 is 1.60 bits per heavy atom. The van der Waals surface area contributed by atoms with Crippen LogP contribution in [0.25, 0.3) is 0 Å². The van der Waals surface area contributed by atoms with Crippen molar-refractivity contribution in [3.8, 4) is 0 Å². The van der Waals surface area contributed by atoms with Gasteiger partial charge in [-0.05, 0) is 0 Å². The van der Waals surface area contributed by atoms with Gasteiger partial charge in [0.1, 0.15) is 0 Å². The van der Waals surface area contributed by atoms with E-state index in [4.69, 9.17) is 0 Å². The normalized spacial score (nSPS) is 7.40. The summed E-state index contributed by atoms with van der Waals surface area (Å²) in [5.74, 6) is 0. The van der Waals surface area contributed by atoms with Crippen molar-refractivity contribution in [1.82, 2.24) is 0 Å². The maximum atomic E-state index is 3.42. The summed E-state index contributed by atoms with van der Waals surface area (Å²) in [6, 6.07) is 0. The molecule has 0 amide bonds. The molecule has 0 saturated heterocycles. The summed E-state index contributed by atoms with van der Waals surface area (Å²) < 4.78 is 0. The molecule has 0 radical (unpaired) electrons. The first-order chi connectivity index (χ1) is 1.91. The van der Waals surface area contributed by atoms with Crippen LogP contribution in [0.15, 0.2) is 12.2 Å². The second-order valence-corrected chi connectivity index (χ2v) is 0.569. The molecule has 0 saturated carbocycles. The Labute approximate surface area is 43.7 Å². The fourth-order valence-corrected chi connectivity index (χ4v) is 0. The topological polar surface area (TPSA) is 0 Å². The molecule has 1 heteroatoms. The zero-order valence-electron chi connectivity index (χ0n) is 3.16. The SMILES string of the molecule is [CH2-]C=CC.[Cu+]. The van der Waals surface area contributed by atoms with Crippen molar-refractivity contribution in [2.24, 2.45) is 0 Å². The number of hydrogen-bond donors (Lipinski definition) is 0. The molecule has 0 rings (SSSR count). The predicted molar refractivity (Wildman–Crippen MR) is 20.2 cm³/mol. The van der Waals surface area contributed by atoms with Gasteiger partial charge in [0, 0.05) is 0 Å². The summed E-state index contributed by atoms with van der Waals surface area (Å²) in [6.07, 6.45) is 3.64. The summed E-state index contributed by atoms with van der Waals surface area (Å²) >= 11 is 0. The third-order valence-corrected chi connectivity index (χ3v) is 0.236. The zero-order valence-corrected chi connectivity index (χ0v) is 4.10. The molecule has 0 heterocycles. The summed E-state index contributed by atoms with van der Waals surface area (Å²) in [5, 5.41) is 0. The van der Waals surface area contributed by atoms with Crippen molar-refractivity contribution in [1.29, 1.82) is 0 Å². The zero-order chi connectivity index (χ0) is 3.41. The minimum atomic E-state index is 0. The molecule has 0 aromatic rings. The third-order valence-electron chi connectivity index (χ3n) is 0.236. The molecule has 0 bridgehead atoms. The third kappa shape index (κ3) is 14.7. The molecule has 0 aliphatic heterocycles. The van der Waals surface area contributed by atoms with Crippen LogP contribution in [0.2, 0.25) is 0 Å². The molecule has 0 aliphatic carbocycles. The predicted octanol–water partition coefficient (Wildman–Crippen LogP) is 1.39. The van der Waals surface area contributed by atoms with Gasteiger partial charge < -0.3 is 0 Å². The van der Waals surface area contributed by atoms with Crippen molar-refractivity contribution in [2.45, 2.75) is 6.92 Å². The van der Waals surface area contributed by atoms with Crippen LogP contribution < -0.4 is 0 Å². The Hall–Kier alpha value is 0.129. The largest absolute Gasteiger partial charge is 1.00 e. The van der Waals surface area contributed by atoms with Crippen LogP contribution in [0.3, 0.4) is 0 Å². The van der Waals surface area contributed by atoms with E-state index >= 15 is 0 Å². The van der Waals surface area contributed by atoms with E-state index in [-0.39, 0.29) is 17.1 Å². The Bertz CT molecular complexity index is 18.8. The van der Waals surface area contributed by atoms with E-state index < -0.39 is 0 Å². The van der Waals surface area contributed by atoms with Crippen LogP contribution in [-0.4, -0.2) is 0 Å². The summed E-state index contributed by atoms with van der Waals surface area (Å²) in [4.78, 5) is 0. The van der Waals surface area contributed by atoms with Gasteiger partial charge in [-0.2, -0.15) is 0 Å². The molecule has 0 nitrogen and oxygen atoms in total. The minimum absolute atomic E-state index is 0. The molecule has 0 N–H and O–H groups in total. The van der Waals surface area contributed by atoms with E-state index in [1.54, 1.807) is 6.08 Å². The van der Waals surface area contributed by atoms with Crippen molar-refractivity contribution in [3.63, 3.8) is 0 Å². The van der Waals surface area contributed by atoms with Crippen molar-refractivity contribution in [2.75, 3.05) is 0 Å². The quantitative estimate of drug-likeness (QED) is 0.333. The monoisotopic (exact) mass is 118 g/mol.